The smallest absolute Gasteiger partial charge is 0.253 e. The van der Waals surface area contributed by atoms with E-state index in [-0.39, 0.29) is 5.56 Å². The number of pyridine rings is 1. The van der Waals surface area contributed by atoms with E-state index in [2.05, 4.69) is 25.1 Å². The summed E-state index contributed by atoms with van der Waals surface area (Å²) < 4.78 is 1.73. The Kier molecular flexibility index (Phi) is 5.29. The minimum Gasteiger partial charge on any atom is -0.299 e. The summed E-state index contributed by atoms with van der Waals surface area (Å²) in [7, 11) is 0. The summed E-state index contributed by atoms with van der Waals surface area (Å²) >= 11 is 0. The lowest BCUT2D eigenvalue weighted by molar-refractivity contribution is 0.164. The fraction of sp³-hybridized carbons (Fsp3) is 0.350. The Morgan fingerprint density at radius 3 is 2.67 bits per heavy atom. The van der Waals surface area contributed by atoms with Crippen LogP contribution in [0.2, 0.25) is 0 Å². The molecule has 0 bridgehead atoms. The van der Waals surface area contributed by atoms with Gasteiger partial charge in [-0.2, -0.15) is 10.2 Å². The Morgan fingerprint density at radius 2 is 1.96 bits per heavy atom. The quantitative estimate of drug-likeness (QED) is 0.691. The first-order valence-electron chi connectivity index (χ1n) is 9.24. The molecule has 1 saturated heterocycles. The van der Waals surface area contributed by atoms with E-state index in [1.54, 1.807) is 35.6 Å². The molecule has 0 unspecified atom stereocenters. The average molecular weight is 362 g/mol. The van der Waals surface area contributed by atoms with Gasteiger partial charge in [0.1, 0.15) is 0 Å². The van der Waals surface area contributed by atoms with E-state index in [0.29, 0.717) is 11.6 Å². The first-order chi connectivity index (χ1) is 13.3. The van der Waals surface area contributed by atoms with Crippen LogP contribution in [0.1, 0.15) is 18.5 Å². The molecule has 7 nitrogen and oxygen atoms in total. The fourth-order valence-electron chi connectivity index (χ4n) is 3.49. The summed E-state index contributed by atoms with van der Waals surface area (Å²) in [4.78, 5) is 23.4. The third-order valence-corrected chi connectivity index (χ3v) is 5.01. The van der Waals surface area contributed by atoms with Crippen LogP contribution in [0.15, 0.2) is 60.0 Å². The minimum absolute atomic E-state index is 0.00848. The van der Waals surface area contributed by atoms with E-state index in [1.807, 2.05) is 24.3 Å². The highest BCUT2D eigenvalue weighted by molar-refractivity contribution is 5.56. The molecule has 0 saturated carbocycles. The van der Waals surface area contributed by atoms with Crippen LogP contribution in [-0.4, -0.2) is 42.7 Å². The van der Waals surface area contributed by atoms with Crippen molar-refractivity contribution in [3.63, 3.8) is 0 Å². The summed E-state index contributed by atoms with van der Waals surface area (Å²) in [5.74, 6) is 0.492. The summed E-state index contributed by atoms with van der Waals surface area (Å²) in [6, 6.07) is 9.28. The Bertz CT molecular complexity index is 920. The molecule has 4 rings (SSSR count). The predicted octanol–water partition coefficient (Wildman–Crippen LogP) is 2.01. The topological polar surface area (TPSA) is 76.8 Å². The molecule has 0 amide bonds. The first-order valence-corrected chi connectivity index (χ1v) is 9.24. The third kappa shape index (κ3) is 4.43. The number of nitrogens with zero attached hydrogens (tertiary/aromatic N) is 6. The highest BCUT2D eigenvalue weighted by Gasteiger charge is 2.20. The molecule has 0 radical (unpaired) electrons. The molecular weight excluding hydrogens is 340 g/mol. The Morgan fingerprint density at radius 1 is 1.11 bits per heavy atom. The van der Waals surface area contributed by atoms with Crippen molar-refractivity contribution in [2.45, 2.75) is 25.9 Å². The zero-order valence-electron chi connectivity index (χ0n) is 15.1. The van der Waals surface area contributed by atoms with Gasteiger partial charge in [0.25, 0.3) is 5.56 Å². The molecule has 138 valence electrons. The van der Waals surface area contributed by atoms with Gasteiger partial charge in [-0.1, -0.05) is 0 Å². The monoisotopic (exact) mass is 362 g/mol. The summed E-state index contributed by atoms with van der Waals surface area (Å²) in [5.41, 5.74) is 2.52. The zero-order chi connectivity index (χ0) is 18.5. The van der Waals surface area contributed by atoms with Crippen molar-refractivity contribution in [1.29, 1.82) is 0 Å². The Labute approximate surface area is 157 Å². The lowest BCUT2D eigenvalue weighted by Gasteiger charge is -2.31. The van der Waals surface area contributed by atoms with Crippen LogP contribution < -0.4 is 5.56 Å². The van der Waals surface area contributed by atoms with Gasteiger partial charge in [0.15, 0.2) is 0 Å². The largest absolute Gasteiger partial charge is 0.299 e. The van der Waals surface area contributed by atoms with Gasteiger partial charge in [0, 0.05) is 43.3 Å². The minimum atomic E-state index is -0.00848. The molecule has 7 heteroatoms. The molecular formula is C20H22N6O. The third-order valence-electron chi connectivity index (χ3n) is 5.01. The lowest BCUT2D eigenvalue weighted by Crippen LogP contribution is -2.36. The van der Waals surface area contributed by atoms with Gasteiger partial charge in [0.05, 0.1) is 17.7 Å². The van der Waals surface area contributed by atoms with Gasteiger partial charge in [-0.25, -0.2) is 4.98 Å². The lowest BCUT2D eigenvalue weighted by atomic mass is 9.96. The molecule has 1 fully saturated rings. The molecule has 0 aromatic carbocycles. The maximum absolute atomic E-state index is 12.5. The van der Waals surface area contributed by atoms with Gasteiger partial charge in [0.2, 0.25) is 0 Å². The zero-order valence-corrected chi connectivity index (χ0v) is 15.1. The number of likely N-dealkylation sites (tertiary alicyclic amines) is 1. The van der Waals surface area contributed by atoms with Crippen molar-refractivity contribution in [2.75, 3.05) is 13.1 Å². The van der Waals surface area contributed by atoms with Crippen molar-refractivity contribution < 1.29 is 0 Å². The molecule has 0 spiro atoms. The second-order valence-corrected chi connectivity index (χ2v) is 6.94. The van der Waals surface area contributed by atoms with Crippen molar-refractivity contribution >= 4 is 0 Å². The van der Waals surface area contributed by atoms with E-state index in [1.165, 1.54) is 0 Å². The van der Waals surface area contributed by atoms with Crippen LogP contribution in [-0.2, 0) is 13.1 Å². The molecule has 0 N–H and O–H groups in total. The maximum atomic E-state index is 12.5. The average Bonchev–Trinajstić information content (AvgIpc) is 2.72. The molecule has 1 aliphatic rings. The second kappa shape index (κ2) is 8.18. The summed E-state index contributed by atoms with van der Waals surface area (Å²) in [6.45, 7) is 3.58. The van der Waals surface area contributed by atoms with E-state index < -0.39 is 0 Å². The summed E-state index contributed by atoms with van der Waals surface area (Å²) in [6.07, 6.45) is 8.92. The van der Waals surface area contributed by atoms with Crippen LogP contribution in [0.5, 0.6) is 0 Å². The van der Waals surface area contributed by atoms with E-state index in [4.69, 9.17) is 0 Å². The van der Waals surface area contributed by atoms with Gasteiger partial charge < -0.3 is 0 Å². The van der Waals surface area contributed by atoms with Gasteiger partial charge in [-0.3, -0.25) is 19.2 Å². The number of aromatic nitrogens is 5. The maximum Gasteiger partial charge on any atom is 0.253 e. The summed E-state index contributed by atoms with van der Waals surface area (Å²) in [5, 5.41) is 8.09. The van der Waals surface area contributed by atoms with E-state index in [9.17, 15) is 4.79 Å². The first kappa shape index (κ1) is 17.5. The van der Waals surface area contributed by atoms with Crippen LogP contribution in [0.4, 0.5) is 0 Å². The SMILES string of the molecule is O=c1cc(-c2cccnc2)ncn1CC1CCN(Cc2cccnn2)CC1. The number of hydrogen-bond acceptors (Lipinski definition) is 6. The van der Waals surface area contributed by atoms with Crippen LogP contribution in [0, 0.1) is 5.92 Å². The van der Waals surface area contributed by atoms with Gasteiger partial charge in [-0.05, 0) is 56.1 Å². The molecule has 0 atom stereocenters. The van der Waals surface area contributed by atoms with Crippen molar-refractivity contribution in [3.8, 4) is 11.3 Å². The van der Waals surface area contributed by atoms with Crippen LogP contribution in [0.25, 0.3) is 11.3 Å². The van der Waals surface area contributed by atoms with Crippen molar-refractivity contribution in [1.82, 2.24) is 29.6 Å². The Balaban J connectivity index is 1.34. The fourth-order valence-corrected chi connectivity index (χ4v) is 3.49. The van der Waals surface area contributed by atoms with Crippen LogP contribution >= 0.6 is 0 Å². The number of piperidine rings is 1. The molecule has 3 aromatic rings. The Hall–Kier alpha value is -2.93. The van der Waals surface area contributed by atoms with Crippen molar-refractivity contribution in [3.05, 3.63) is 71.3 Å². The van der Waals surface area contributed by atoms with Crippen LogP contribution in [0.3, 0.4) is 0 Å². The molecule has 4 heterocycles. The number of hydrogen-bond donors (Lipinski definition) is 0. The van der Waals surface area contributed by atoms with Gasteiger partial charge >= 0.3 is 0 Å². The molecule has 1 aliphatic heterocycles. The highest BCUT2D eigenvalue weighted by Crippen LogP contribution is 2.20. The molecule has 3 aromatic heterocycles. The van der Waals surface area contributed by atoms with E-state index in [0.717, 1.165) is 50.3 Å². The second-order valence-electron chi connectivity index (χ2n) is 6.94. The van der Waals surface area contributed by atoms with E-state index >= 15 is 0 Å². The van der Waals surface area contributed by atoms with Crippen molar-refractivity contribution in [2.24, 2.45) is 5.92 Å². The number of rotatable bonds is 5. The highest BCUT2D eigenvalue weighted by atomic mass is 16.1. The molecule has 27 heavy (non-hydrogen) atoms. The standard InChI is InChI=1S/C20H22N6O/c27-20-11-19(17-3-1-7-21-12-17)22-15-26(20)13-16-5-9-25(10-6-16)14-18-4-2-8-23-24-18/h1-4,7-8,11-12,15-16H,5-6,9-10,13-14H2. The molecule has 0 aliphatic carbocycles. The normalized spacial score (nSPS) is 15.7. The predicted molar refractivity (Wildman–Crippen MR) is 102 cm³/mol. The van der Waals surface area contributed by atoms with Gasteiger partial charge in [-0.15, -0.1) is 0 Å².